The molecule has 1 aromatic rings. The second kappa shape index (κ2) is 5.98. The van der Waals surface area contributed by atoms with Crippen molar-refractivity contribution in [3.63, 3.8) is 0 Å². The minimum absolute atomic E-state index is 0.199. The normalized spacial score (nSPS) is 23.2. The number of hydrogen-bond donors (Lipinski definition) is 1. The van der Waals surface area contributed by atoms with Crippen molar-refractivity contribution in [1.82, 2.24) is 9.29 Å². The van der Waals surface area contributed by atoms with E-state index in [4.69, 9.17) is 0 Å². The summed E-state index contributed by atoms with van der Waals surface area (Å²) in [6, 6.07) is 2.85. The average Bonchev–Trinajstić information content (AvgIpc) is 2.47. The van der Waals surface area contributed by atoms with E-state index in [0.717, 1.165) is 12.8 Å². The van der Waals surface area contributed by atoms with Crippen molar-refractivity contribution >= 4 is 10.0 Å². The molecular weight excluding hydrogens is 264 g/mol. The fourth-order valence-corrected chi connectivity index (χ4v) is 4.21. The lowest BCUT2D eigenvalue weighted by Gasteiger charge is -2.37. The maximum absolute atomic E-state index is 12.6. The van der Waals surface area contributed by atoms with Gasteiger partial charge >= 0.3 is 0 Å². The third-order valence-corrected chi connectivity index (χ3v) is 5.51. The van der Waals surface area contributed by atoms with Gasteiger partial charge in [-0.1, -0.05) is 13.3 Å². The predicted molar refractivity (Wildman–Crippen MR) is 72.1 cm³/mol. The number of sulfonamides is 1. The summed E-state index contributed by atoms with van der Waals surface area (Å²) in [6.07, 6.45) is 5.38. The SMILES string of the molecule is CCC(O)C1CCCCN1S(=O)(=O)c1cccnc1. The van der Waals surface area contributed by atoms with Crippen LogP contribution >= 0.6 is 0 Å². The predicted octanol–water partition coefficient (Wildman–Crippen LogP) is 1.40. The Hall–Kier alpha value is -0.980. The van der Waals surface area contributed by atoms with Crippen molar-refractivity contribution in [2.45, 2.75) is 49.6 Å². The number of aromatic nitrogens is 1. The van der Waals surface area contributed by atoms with Crippen LogP contribution in [0.3, 0.4) is 0 Å². The third kappa shape index (κ3) is 2.96. The van der Waals surface area contributed by atoms with Gasteiger partial charge in [0.25, 0.3) is 0 Å². The molecule has 6 heteroatoms. The Morgan fingerprint density at radius 3 is 2.95 bits per heavy atom. The zero-order valence-electron chi connectivity index (χ0n) is 11.1. The van der Waals surface area contributed by atoms with Gasteiger partial charge in [-0.15, -0.1) is 0 Å². The maximum Gasteiger partial charge on any atom is 0.244 e. The molecule has 106 valence electrons. The topological polar surface area (TPSA) is 70.5 Å². The van der Waals surface area contributed by atoms with Gasteiger partial charge < -0.3 is 5.11 Å². The van der Waals surface area contributed by atoms with Crippen LogP contribution in [0.25, 0.3) is 0 Å². The Labute approximate surface area is 114 Å². The summed E-state index contributed by atoms with van der Waals surface area (Å²) in [5, 5.41) is 10.0. The number of piperidine rings is 1. The van der Waals surface area contributed by atoms with Crippen molar-refractivity contribution in [2.75, 3.05) is 6.54 Å². The molecule has 1 fully saturated rings. The summed E-state index contributed by atoms with van der Waals surface area (Å²) in [5.41, 5.74) is 0. The van der Waals surface area contributed by atoms with Crippen LogP contribution in [0.15, 0.2) is 29.4 Å². The molecule has 1 aliphatic heterocycles. The summed E-state index contributed by atoms with van der Waals surface area (Å²) in [6.45, 7) is 2.34. The minimum atomic E-state index is -3.56. The van der Waals surface area contributed by atoms with Crippen LogP contribution in [0.2, 0.25) is 0 Å². The second-order valence-corrected chi connectivity index (χ2v) is 6.73. The molecule has 2 heterocycles. The molecule has 0 radical (unpaired) electrons. The summed E-state index contributed by atoms with van der Waals surface area (Å²) in [4.78, 5) is 4.07. The second-order valence-electron chi connectivity index (χ2n) is 4.84. The highest BCUT2D eigenvalue weighted by atomic mass is 32.2. The van der Waals surface area contributed by atoms with Crippen LogP contribution in [-0.4, -0.2) is 41.5 Å². The van der Waals surface area contributed by atoms with E-state index >= 15 is 0 Å². The molecule has 5 nitrogen and oxygen atoms in total. The standard InChI is InChI=1S/C13H20N2O3S/c1-2-13(16)12-7-3-4-9-15(12)19(17,18)11-6-5-8-14-10-11/h5-6,8,10,12-13,16H,2-4,7,9H2,1H3. The third-order valence-electron chi connectivity index (χ3n) is 3.60. The summed E-state index contributed by atoms with van der Waals surface area (Å²) in [7, 11) is -3.56. The van der Waals surface area contributed by atoms with Gasteiger partial charge in [0.1, 0.15) is 4.90 Å². The van der Waals surface area contributed by atoms with Crippen molar-refractivity contribution in [3.05, 3.63) is 24.5 Å². The Kier molecular flexibility index (Phi) is 4.54. The highest BCUT2D eigenvalue weighted by Crippen LogP contribution is 2.27. The van der Waals surface area contributed by atoms with Crippen molar-refractivity contribution in [2.24, 2.45) is 0 Å². The average molecular weight is 284 g/mol. The lowest BCUT2D eigenvalue weighted by atomic mass is 9.98. The first-order valence-corrected chi connectivity index (χ1v) is 8.11. The molecular formula is C13H20N2O3S. The van der Waals surface area contributed by atoms with E-state index < -0.39 is 16.1 Å². The zero-order chi connectivity index (χ0) is 13.9. The van der Waals surface area contributed by atoms with E-state index in [-0.39, 0.29) is 10.9 Å². The molecule has 0 saturated carbocycles. The highest BCUT2D eigenvalue weighted by Gasteiger charge is 2.36. The maximum atomic E-state index is 12.6. The van der Waals surface area contributed by atoms with Gasteiger partial charge in [-0.3, -0.25) is 4.98 Å². The molecule has 0 spiro atoms. The number of hydrogen-bond acceptors (Lipinski definition) is 4. The highest BCUT2D eigenvalue weighted by molar-refractivity contribution is 7.89. The number of nitrogens with zero attached hydrogens (tertiary/aromatic N) is 2. The molecule has 0 amide bonds. The molecule has 1 aliphatic rings. The Morgan fingerprint density at radius 1 is 1.53 bits per heavy atom. The number of aliphatic hydroxyl groups is 1. The molecule has 0 bridgehead atoms. The Bertz CT molecular complexity index is 504. The van der Waals surface area contributed by atoms with Crippen LogP contribution in [0.4, 0.5) is 0 Å². The van der Waals surface area contributed by atoms with Gasteiger partial charge in [0.2, 0.25) is 10.0 Å². The van der Waals surface area contributed by atoms with Crippen LogP contribution in [0, 0.1) is 0 Å². The van der Waals surface area contributed by atoms with E-state index in [0.29, 0.717) is 19.4 Å². The van der Waals surface area contributed by atoms with Crippen molar-refractivity contribution in [1.29, 1.82) is 0 Å². The molecule has 1 aromatic heterocycles. The molecule has 2 rings (SSSR count). The van der Waals surface area contributed by atoms with Gasteiger partial charge in [0.05, 0.1) is 12.1 Å². The van der Waals surface area contributed by atoms with Gasteiger partial charge in [-0.2, -0.15) is 4.31 Å². The molecule has 19 heavy (non-hydrogen) atoms. The van der Waals surface area contributed by atoms with Gasteiger partial charge in [-0.05, 0) is 31.4 Å². The molecule has 1 N–H and O–H groups in total. The lowest BCUT2D eigenvalue weighted by Crippen LogP contribution is -2.49. The lowest BCUT2D eigenvalue weighted by molar-refractivity contribution is 0.0667. The molecule has 2 unspecified atom stereocenters. The largest absolute Gasteiger partial charge is 0.391 e. The monoisotopic (exact) mass is 284 g/mol. The summed E-state index contributed by atoms with van der Waals surface area (Å²) < 4.78 is 26.6. The van der Waals surface area contributed by atoms with Gasteiger partial charge in [0, 0.05) is 18.9 Å². The summed E-state index contributed by atoms with van der Waals surface area (Å²) in [5.74, 6) is 0. The zero-order valence-corrected chi connectivity index (χ0v) is 11.9. The Balaban J connectivity index is 2.32. The molecule has 0 aliphatic carbocycles. The Morgan fingerprint density at radius 2 is 2.32 bits per heavy atom. The van der Waals surface area contributed by atoms with Crippen molar-refractivity contribution in [3.8, 4) is 0 Å². The van der Waals surface area contributed by atoms with E-state index in [1.807, 2.05) is 6.92 Å². The number of rotatable bonds is 4. The number of pyridine rings is 1. The quantitative estimate of drug-likeness (QED) is 0.907. The van der Waals surface area contributed by atoms with E-state index in [9.17, 15) is 13.5 Å². The van der Waals surface area contributed by atoms with Crippen LogP contribution in [0.1, 0.15) is 32.6 Å². The molecule has 1 saturated heterocycles. The fourth-order valence-electron chi connectivity index (χ4n) is 2.52. The van der Waals surface area contributed by atoms with E-state index in [1.54, 1.807) is 18.3 Å². The first-order chi connectivity index (χ1) is 9.07. The van der Waals surface area contributed by atoms with Crippen molar-refractivity contribution < 1.29 is 13.5 Å². The molecule has 2 atom stereocenters. The van der Waals surface area contributed by atoms with Gasteiger partial charge in [-0.25, -0.2) is 8.42 Å². The van der Waals surface area contributed by atoms with Crippen LogP contribution < -0.4 is 0 Å². The summed E-state index contributed by atoms with van der Waals surface area (Å²) >= 11 is 0. The molecule has 0 aromatic carbocycles. The smallest absolute Gasteiger partial charge is 0.244 e. The van der Waals surface area contributed by atoms with Crippen LogP contribution in [-0.2, 0) is 10.0 Å². The fraction of sp³-hybridized carbons (Fsp3) is 0.615. The van der Waals surface area contributed by atoms with Crippen LogP contribution in [0.5, 0.6) is 0 Å². The minimum Gasteiger partial charge on any atom is -0.391 e. The first kappa shape index (κ1) is 14.4. The van der Waals surface area contributed by atoms with E-state index in [1.165, 1.54) is 10.5 Å². The van der Waals surface area contributed by atoms with E-state index in [2.05, 4.69) is 4.98 Å². The first-order valence-electron chi connectivity index (χ1n) is 6.67. The number of aliphatic hydroxyl groups excluding tert-OH is 1. The van der Waals surface area contributed by atoms with Gasteiger partial charge in [0.15, 0.2) is 0 Å².